The van der Waals surface area contributed by atoms with E-state index in [-0.39, 0.29) is 6.61 Å². The number of nitrogens with one attached hydrogen (secondary N) is 1. The van der Waals surface area contributed by atoms with E-state index in [0.29, 0.717) is 11.6 Å². The Kier molecular flexibility index (Phi) is 4.32. The van der Waals surface area contributed by atoms with Crippen molar-refractivity contribution >= 4 is 11.0 Å². The molecule has 3 nitrogen and oxygen atoms in total. The van der Waals surface area contributed by atoms with E-state index in [9.17, 15) is 13.2 Å². The number of imidazole rings is 1. The Hall–Kier alpha value is -3.28. The van der Waals surface area contributed by atoms with Crippen LogP contribution >= 0.6 is 0 Å². The van der Waals surface area contributed by atoms with Crippen LogP contribution in [0.3, 0.4) is 0 Å². The molecular weight excluding hydrogens is 353 g/mol. The molecule has 0 spiro atoms. The van der Waals surface area contributed by atoms with E-state index in [1.165, 1.54) is 12.1 Å². The minimum absolute atomic E-state index is 0.133. The highest BCUT2D eigenvalue weighted by molar-refractivity contribution is 5.81. The van der Waals surface area contributed by atoms with E-state index >= 15 is 0 Å². The Balaban J connectivity index is 1.49. The first-order valence-corrected chi connectivity index (χ1v) is 8.24. The first-order valence-electron chi connectivity index (χ1n) is 8.24. The van der Waals surface area contributed by atoms with Crippen molar-refractivity contribution in [3.8, 4) is 16.9 Å². The van der Waals surface area contributed by atoms with Crippen LogP contribution in [-0.4, -0.2) is 9.97 Å². The molecule has 1 heterocycles. The fourth-order valence-electron chi connectivity index (χ4n) is 2.77. The smallest absolute Gasteiger partial charge is 0.416 e. The first-order chi connectivity index (χ1) is 13.0. The summed E-state index contributed by atoms with van der Waals surface area (Å²) in [6.45, 7) is 0.133. The van der Waals surface area contributed by atoms with Gasteiger partial charge in [-0.2, -0.15) is 13.2 Å². The molecule has 1 N–H and O–H groups in total. The van der Waals surface area contributed by atoms with Crippen molar-refractivity contribution in [3.05, 3.63) is 84.2 Å². The SMILES string of the molecule is FC(F)(F)c1ccc(OCc2nc3cc(-c4c[c]ccc4)ccc3[nH]2)cc1. The Morgan fingerprint density at radius 3 is 2.52 bits per heavy atom. The van der Waals surface area contributed by atoms with Gasteiger partial charge in [0.15, 0.2) is 0 Å². The highest BCUT2D eigenvalue weighted by Crippen LogP contribution is 2.30. The van der Waals surface area contributed by atoms with Crippen LogP contribution in [0.2, 0.25) is 0 Å². The van der Waals surface area contributed by atoms with Crippen molar-refractivity contribution in [1.82, 2.24) is 9.97 Å². The van der Waals surface area contributed by atoms with Gasteiger partial charge < -0.3 is 9.72 Å². The number of rotatable bonds is 4. The maximum Gasteiger partial charge on any atom is 0.416 e. The highest BCUT2D eigenvalue weighted by Gasteiger charge is 2.30. The van der Waals surface area contributed by atoms with Gasteiger partial charge in [-0.05, 0) is 59.7 Å². The zero-order chi connectivity index (χ0) is 18.9. The second-order valence-electron chi connectivity index (χ2n) is 6.02. The Labute approximate surface area is 153 Å². The zero-order valence-electron chi connectivity index (χ0n) is 14.0. The number of hydrogen-bond acceptors (Lipinski definition) is 2. The summed E-state index contributed by atoms with van der Waals surface area (Å²) < 4.78 is 43.3. The molecule has 3 aromatic carbocycles. The number of aromatic amines is 1. The normalized spacial score (nSPS) is 11.7. The van der Waals surface area contributed by atoms with Crippen LogP contribution in [0.1, 0.15) is 11.4 Å². The number of halogens is 3. The van der Waals surface area contributed by atoms with Gasteiger partial charge in [0.25, 0.3) is 0 Å². The molecule has 135 valence electrons. The van der Waals surface area contributed by atoms with Crippen LogP contribution in [-0.2, 0) is 12.8 Å². The summed E-state index contributed by atoms with van der Waals surface area (Å²) in [7, 11) is 0. The summed E-state index contributed by atoms with van der Waals surface area (Å²) in [5, 5.41) is 0. The first kappa shape index (κ1) is 17.1. The Morgan fingerprint density at radius 2 is 1.81 bits per heavy atom. The lowest BCUT2D eigenvalue weighted by atomic mass is 10.1. The monoisotopic (exact) mass is 367 g/mol. The maximum absolute atomic E-state index is 12.6. The molecule has 1 aromatic heterocycles. The molecule has 0 bridgehead atoms. The molecule has 0 amide bonds. The second kappa shape index (κ2) is 6.79. The average molecular weight is 367 g/mol. The molecule has 1 radical (unpaired) electrons. The van der Waals surface area contributed by atoms with Crippen molar-refractivity contribution in [1.29, 1.82) is 0 Å². The molecule has 27 heavy (non-hydrogen) atoms. The van der Waals surface area contributed by atoms with E-state index in [4.69, 9.17) is 4.74 Å². The van der Waals surface area contributed by atoms with E-state index < -0.39 is 11.7 Å². The van der Waals surface area contributed by atoms with Crippen LogP contribution in [0.5, 0.6) is 5.75 Å². The molecule has 0 fully saturated rings. The van der Waals surface area contributed by atoms with E-state index in [1.807, 2.05) is 42.5 Å². The molecule has 0 saturated carbocycles. The summed E-state index contributed by atoms with van der Waals surface area (Å²) in [6, 6.07) is 21.2. The van der Waals surface area contributed by atoms with Gasteiger partial charge >= 0.3 is 6.18 Å². The minimum atomic E-state index is -4.36. The molecule has 0 unspecified atom stereocenters. The fraction of sp³-hybridized carbons (Fsp3) is 0.0952. The second-order valence-corrected chi connectivity index (χ2v) is 6.02. The van der Waals surface area contributed by atoms with Crippen molar-refractivity contribution in [2.24, 2.45) is 0 Å². The number of fused-ring (bicyclic) bond motifs is 1. The Morgan fingerprint density at radius 1 is 1.00 bits per heavy atom. The largest absolute Gasteiger partial charge is 0.486 e. The van der Waals surface area contributed by atoms with Crippen LogP contribution < -0.4 is 4.74 Å². The number of benzene rings is 3. The van der Waals surface area contributed by atoms with Gasteiger partial charge in [0.2, 0.25) is 0 Å². The molecule has 6 heteroatoms. The molecule has 0 aliphatic carbocycles. The van der Waals surface area contributed by atoms with Crippen LogP contribution in [0.15, 0.2) is 66.7 Å². The average Bonchev–Trinajstić information content (AvgIpc) is 3.09. The molecule has 0 aliphatic rings. The van der Waals surface area contributed by atoms with Gasteiger partial charge in [-0.15, -0.1) is 0 Å². The lowest BCUT2D eigenvalue weighted by Gasteiger charge is -2.08. The quantitative estimate of drug-likeness (QED) is 0.508. The third kappa shape index (κ3) is 3.79. The summed E-state index contributed by atoms with van der Waals surface area (Å²) >= 11 is 0. The number of aromatic nitrogens is 2. The maximum atomic E-state index is 12.6. The van der Waals surface area contributed by atoms with Crippen molar-refractivity contribution < 1.29 is 17.9 Å². The lowest BCUT2D eigenvalue weighted by Crippen LogP contribution is -2.04. The topological polar surface area (TPSA) is 37.9 Å². The predicted octanol–water partition coefficient (Wildman–Crippen LogP) is 5.63. The number of hydrogen-bond donors (Lipinski definition) is 1. The van der Waals surface area contributed by atoms with Crippen LogP contribution in [0.4, 0.5) is 13.2 Å². The van der Waals surface area contributed by atoms with Gasteiger partial charge in [0.1, 0.15) is 18.2 Å². The molecule has 4 aromatic rings. The third-order valence-corrected chi connectivity index (χ3v) is 4.13. The molecular formula is C21H14F3N2O. The summed E-state index contributed by atoms with van der Waals surface area (Å²) in [5.74, 6) is 0.950. The van der Waals surface area contributed by atoms with Gasteiger partial charge in [0.05, 0.1) is 16.6 Å². The number of alkyl halides is 3. The van der Waals surface area contributed by atoms with E-state index in [1.54, 1.807) is 0 Å². The molecule has 4 rings (SSSR count). The summed E-state index contributed by atoms with van der Waals surface area (Å²) in [4.78, 5) is 7.66. The standard InChI is InChI=1S/C21H14F3N2O/c22-21(23,24)16-7-9-17(10-8-16)27-13-20-25-18-11-6-15(12-19(18)26-20)14-4-2-1-3-5-14/h1-2,4-12H,13H2,(H,25,26). The van der Waals surface area contributed by atoms with Gasteiger partial charge in [-0.1, -0.05) is 24.3 Å². The van der Waals surface area contributed by atoms with E-state index in [0.717, 1.165) is 34.3 Å². The van der Waals surface area contributed by atoms with Crippen molar-refractivity contribution in [2.75, 3.05) is 0 Å². The highest BCUT2D eigenvalue weighted by atomic mass is 19.4. The molecule has 0 aliphatic heterocycles. The van der Waals surface area contributed by atoms with E-state index in [2.05, 4.69) is 16.0 Å². The fourth-order valence-corrected chi connectivity index (χ4v) is 2.77. The zero-order valence-corrected chi connectivity index (χ0v) is 14.0. The lowest BCUT2D eigenvalue weighted by molar-refractivity contribution is -0.137. The minimum Gasteiger partial charge on any atom is -0.486 e. The van der Waals surface area contributed by atoms with Gasteiger partial charge in [0, 0.05) is 0 Å². The van der Waals surface area contributed by atoms with Gasteiger partial charge in [-0.25, -0.2) is 4.98 Å². The summed E-state index contributed by atoms with van der Waals surface area (Å²) in [5.41, 5.74) is 3.03. The van der Waals surface area contributed by atoms with Crippen molar-refractivity contribution in [3.63, 3.8) is 0 Å². The van der Waals surface area contributed by atoms with Gasteiger partial charge in [-0.3, -0.25) is 0 Å². The molecule has 0 atom stereocenters. The molecule has 0 saturated heterocycles. The van der Waals surface area contributed by atoms with Crippen LogP contribution in [0, 0.1) is 6.07 Å². The summed E-state index contributed by atoms with van der Waals surface area (Å²) in [6.07, 6.45) is -4.36. The third-order valence-electron chi connectivity index (χ3n) is 4.13. The van der Waals surface area contributed by atoms with Crippen molar-refractivity contribution in [2.45, 2.75) is 12.8 Å². The number of nitrogens with zero attached hydrogens (tertiary/aromatic N) is 1. The van der Waals surface area contributed by atoms with Crippen LogP contribution in [0.25, 0.3) is 22.2 Å². The number of ether oxygens (including phenoxy) is 1. The number of H-pyrrole nitrogens is 1. The Bertz CT molecular complexity index is 1050. The predicted molar refractivity (Wildman–Crippen MR) is 96.1 cm³/mol.